The van der Waals surface area contributed by atoms with Crippen LogP contribution in [0.5, 0.6) is 0 Å². The first-order valence-electron chi connectivity index (χ1n) is 7.37. The summed E-state index contributed by atoms with van der Waals surface area (Å²) in [5.74, 6) is -0.183. The molecule has 2 unspecified atom stereocenters. The summed E-state index contributed by atoms with van der Waals surface area (Å²) in [4.78, 5) is 25.6. The van der Waals surface area contributed by atoms with Gasteiger partial charge in [-0.3, -0.25) is 9.59 Å². The van der Waals surface area contributed by atoms with Crippen LogP contribution in [-0.2, 0) is 4.79 Å². The normalized spacial score (nSPS) is 21.7. The molecule has 0 bridgehead atoms. The Morgan fingerprint density at radius 2 is 1.76 bits per heavy atom. The second-order valence-corrected chi connectivity index (χ2v) is 5.82. The Bertz CT molecular complexity index is 511. The Morgan fingerprint density at radius 3 is 2.33 bits per heavy atom. The van der Waals surface area contributed by atoms with E-state index in [9.17, 15) is 9.59 Å². The number of hydrogen-bond acceptors (Lipinski definition) is 3. The fraction of sp³-hybridized carbons (Fsp3) is 0.500. The highest BCUT2D eigenvalue weighted by Gasteiger charge is 2.28. The zero-order valence-electron chi connectivity index (χ0n) is 12.6. The Labute approximate surface area is 125 Å². The molecule has 0 spiro atoms. The van der Waals surface area contributed by atoms with Gasteiger partial charge in [0.25, 0.3) is 5.91 Å². The van der Waals surface area contributed by atoms with Gasteiger partial charge in [0.1, 0.15) is 0 Å². The van der Waals surface area contributed by atoms with Gasteiger partial charge < -0.3 is 16.0 Å². The molecule has 2 amide bonds. The van der Waals surface area contributed by atoms with Gasteiger partial charge in [0, 0.05) is 31.4 Å². The molecule has 0 aliphatic heterocycles. The molecular formula is C16H23N3O2. The summed E-state index contributed by atoms with van der Waals surface area (Å²) in [6.07, 6.45) is 3.92. The molecule has 1 saturated carbocycles. The first-order valence-corrected chi connectivity index (χ1v) is 7.37. The van der Waals surface area contributed by atoms with Crippen LogP contribution in [0, 0.1) is 5.92 Å². The van der Waals surface area contributed by atoms with Crippen LogP contribution in [0.3, 0.4) is 0 Å². The number of rotatable bonds is 3. The maximum Gasteiger partial charge on any atom is 0.253 e. The van der Waals surface area contributed by atoms with Gasteiger partial charge in [-0.25, -0.2) is 0 Å². The zero-order valence-corrected chi connectivity index (χ0v) is 12.6. The summed E-state index contributed by atoms with van der Waals surface area (Å²) in [6.45, 7) is 0. The molecule has 0 aromatic heterocycles. The number of nitrogens with one attached hydrogen (secondary N) is 1. The molecule has 0 saturated heterocycles. The van der Waals surface area contributed by atoms with Gasteiger partial charge >= 0.3 is 0 Å². The predicted molar refractivity (Wildman–Crippen MR) is 83.0 cm³/mol. The first kappa shape index (κ1) is 15.5. The van der Waals surface area contributed by atoms with Crippen molar-refractivity contribution in [1.82, 2.24) is 4.90 Å². The van der Waals surface area contributed by atoms with E-state index in [2.05, 4.69) is 5.32 Å². The molecular weight excluding hydrogens is 266 g/mol. The van der Waals surface area contributed by atoms with E-state index in [0.717, 1.165) is 25.7 Å². The van der Waals surface area contributed by atoms with E-state index >= 15 is 0 Å². The van der Waals surface area contributed by atoms with Gasteiger partial charge in [-0.15, -0.1) is 0 Å². The maximum absolute atomic E-state index is 12.2. The Morgan fingerprint density at radius 1 is 1.14 bits per heavy atom. The summed E-state index contributed by atoms with van der Waals surface area (Å²) in [6, 6.07) is 6.90. The molecule has 0 heterocycles. The van der Waals surface area contributed by atoms with E-state index in [1.807, 2.05) is 0 Å². The van der Waals surface area contributed by atoms with Crippen molar-refractivity contribution in [2.24, 2.45) is 11.7 Å². The zero-order chi connectivity index (χ0) is 15.4. The van der Waals surface area contributed by atoms with Crippen LogP contribution in [0.15, 0.2) is 24.3 Å². The van der Waals surface area contributed by atoms with Gasteiger partial charge in [0.05, 0.1) is 5.92 Å². The van der Waals surface area contributed by atoms with E-state index < -0.39 is 0 Å². The molecule has 5 heteroatoms. The van der Waals surface area contributed by atoms with E-state index in [1.165, 1.54) is 4.90 Å². The van der Waals surface area contributed by atoms with Crippen molar-refractivity contribution < 1.29 is 9.59 Å². The van der Waals surface area contributed by atoms with Gasteiger partial charge in [-0.1, -0.05) is 12.8 Å². The summed E-state index contributed by atoms with van der Waals surface area (Å²) >= 11 is 0. The molecule has 2 rings (SSSR count). The third-order valence-electron chi connectivity index (χ3n) is 3.96. The molecule has 3 N–H and O–H groups in total. The second-order valence-electron chi connectivity index (χ2n) is 5.82. The number of benzene rings is 1. The van der Waals surface area contributed by atoms with Crippen molar-refractivity contribution in [3.63, 3.8) is 0 Å². The van der Waals surface area contributed by atoms with Crippen molar-refractivity contribution in [1.29, 1.82) is 0 Å². The molecule has 21 heavy (non-hydrogen) atoms. The van der Waals surface area contributed by atoms with Crippen LogP contribution < -0.4 is 11.1 Å². The lowest BCUT2D eigenvalue weighted by molar-refractivity contribution is -0.121. The third kappa shape index (κ3) is 3.82. The summed E-state index contributed by atoms with van der Waals surface area (Å²) in [5.41, 5.74) is 7.33. The predicted octanol–water partition coefficient (Wildman–Crippen LogP) is 1.84. The van der Waals surface area contributed by atoms with Crippen molar-refractivity contribution in [3.8, 4) is 0 Å². The highest BCUT2D eigenvalue weighted by Crippen LogP contribution is 2.24. The maximum atomic E-state index is 12.2. The number of hydrogen-bond donors (Lipinski definition) is 2. The molecule has 2 atom stereocenters. The Balaban J connectivity index is 1.99. The Hall–Kier alpha value is -1.88. The van der Waals surface area contributed by atoms with Crippen molar-refractivity contribution in [2.45, 2.75) is 31.7 Å². The average Bonchev–Trinajstić information content (AvgIpc) is 2.47. The molecule has 114 valence electrons. The molecule has 1 fully saturated rings. The van der Waals surface area contributed by atoms with Crippen LogP contribution in [-0.4, -0.2) is 36.9 Å². The smallest absolute Gasteiger partial charge is 0.253 e. The molecule has 0 radical (unpaired) electrons. The number of anilines is 1. The van der Waals surface area contributed by atoms with Crippen molar-refractivity contribution in [2.75, 3.05) is 19.4 Å². The van der Waals surface area contributed by atoms with E-state index in [1.54, 1.807) is 38.4 Å². The van der Waals surface area contributed by atoms with Crippen LogP contribution in [0.1, 0.15) is 36.0 Å². The van der Waals surface area contributed by atoms with Crippen LogP contribution in [0.25, 0.3) is 0 Å². The highest BCUT2D eigenvalue weighted by atomic mass is 16.2. The highest BCUT2D eigenvalue weighted by molar-refractivity contribution is 5.96. The van der Waals surface area contributed by atoms with Crippen molar-refractivity contribution in [3.05, 3.63) is 29.8 Å². The number of nitrogens with zero attached hydrogens (tertiary/aromatic N) is 1. The topological polar surface area (TPSA) is 75.4 Å². The van der Waals surface area contributed by atoms with Gasteiger partial charge in [-0.05, 0) is 37.1 Å². The van der Waals surface area contributed by atoms with Crippen LogP contribution >= 0.6 is 0 Å². The minimum Gasteiger partial charge on any atom is -0.345 e. The fourth-order valence-electron chi connectivity index (χ4n) is 2.67. The number of carbonyl (C=O) groups is 2. The van der Waals surface area contributed by atoms with E-state index in [0.29, 0.717) is 11.3 Å². The number of carbonyl (C=O) groups excluding carboxylic acids is 2. The largest absolute Gasteiger partial charge is 0.345 e. The minimum atomic E-state index is -0.109. The standard InChI is InChI=1S/C16H23N3O2/c1-19(2)16(21)11-7-9-12(10-8-11)18-15(20)13-5-3-4-6-14(13)17/h7-10,13-14H,3-6,17H2,1-2H3,(H,18,20). The summed E-state index contributed by atoms with van der Waals surface area (Å²) < 4.78 is 0. The summed E-state index contributed by atoms with van der Waals surface area (Å²) in [5, 5.41) is 2.89. The molecule has 1 aliphatic rings. The molecule has 1 aromatic rings. The Kier molecular flexibility index (Phi) is 4.96. The van der Waals surface area contributed by atoms with E-state index in [-0.39, 0.29) is 23.8 Å². The average molecular weight is 289 g/mol. The van der Waals surface area contributed by atoms with Crippen LogP contribution in [0.2, 0.25) is 0 Å². The SMILES string of the molecule is CN(C)C(=O)c1ccc(NC(=O)C2CCCCC2N)cc1. The quantitative estimate of drug-likeness (QED) is 0.891. The first-order chi connectivity index (χ1) is 9.99. The minimum absolute atomic E-state index is 0.0195. The molecule has 1 aromatic carbocycles. The molecule has 5 nitrogen and oxygen atoms in total. The lowest BCUT2D eigenvalue weighted by Crippen LogP contribution is -2.40. The third-order valence-corrected chi connectivity index (χ3v) is 3.96. The second kappa shape index (κ2) is 6.72. The van der Waals surface area contributed by atoms with Gasteiger partial charge in [-0.2, -0.15) is 0 Å². The lowest BCUT2D eigenvalue weighted by atomic mass is 9.84. The van der Waals surface area contributed by atoms with Gasteiger partial charge in [0.15, 0.2) is 0 Å². The number of nitrogens with two attached hydrogens (primary N) is 1. The molecule has 1 aliphatic carbocycles. The fourth-order valence-corrected chi connectivity index (χ4v) is 2.67. The van der Waals surface area contributed by atoms with Gasteiger partial charge in [0.2, 0.25) is 5.91 Å². The monoisotopic (exact) mass is 289 g/mol. The number of amides is 2. The van der Waals surface area contributed by atoms with Crippen LogP contribution in [0.4, 0.5) is 5.69 Å². The van der Waals surface area contributed by atoms with E-state index in [4.69, 9.17) is 5.73 Å². The lowest BCUT2D eigenvalue weighted by Gasteiger charge is -2.27. The van der Waals surface area contributed by atoms with Crippen molar-refractivity contribution >= 4 is 17.5 Å². The summed E-state index contributed by atoms with van der Waals surface area (Å²) in [7, 11) is 3.42.